The molecule has 38 heavy (non-hydrogen) atoms. The minimum atomic E-state index is -1.27. The summed E-state index contributed by atoms with van der Waals surface area (Å²) in [6.45, 7) is 2.80. The van der Waals surface area contributed by atoms with Crippen molar-refractivity contribution in [2.45, 2.75) is 32.4 Å². The molecule has 2 aromatic carbocycles. The van der Waals surface area contributed by atoms with Crippen molar-refractivity contribution in [3.05, 3.63) is 59.4 Å². The zero-order chi connectivity index (χ0) is 27.8. The van der Waals surface area contributed by atoms with Crippen LogP contribution in [0.25, 0.3) is 0 Å². The van der Waals surface area contributed by atoms with E-state index in [2.05, 4.69) is 10.6 Å². The van der Waals surface area contributed by atoms with Crippen LogP contribution in [0.2, 0.25) is 0 Å². The van der Waals surface area contributed by atoms with E-state index in [9.17, 15) is 33.5 Å². The van der Waals surface area contributed by atoms with Gasteiger partial charge < -0.3 is 25.2 Å². The second kappa shape index (κ2) is 13.0. The smallest absolute Gasteiger partial charge is 0.329 e. The first-order chi connectivity index (χ1) is 18.1. The van der Waals surface area contributed by atoms with Crippen LogP contribution < -0.4 is 10.6 Å². The number of thioether (sulfide) groups is 1. The molecule has 0 spiro atoms. The number of ether oxygens (including phenoxy) is 2. The van der Waals surface area contributed by atoms with E-state index in [-0.39, 0.29) is 23.4 Å². The average Bonchev–Trinajstić information content (AvgIpc) is 2.93. The van der Waals surface area contributed by atoms with E-state index >= 15 is 0 Å². The molecule has 3 rings (SSSR count). The average molecular weight is 547 g/mol. The minimum absolute atomic E-state index is 0.00677. The SMILES string of the molecule is CC(C)C(=O)OC1COC(=O)C(NC(=O)c2cccc(NC=O)c2O)CSC(=O)C1Cc1ccc(F)cc1. The van der Waals surface area contributed by atoms with E-state index in [0.717, 1.165) is 11.8 Å². The van der Waals surface area contributed by atoms with Crippen LogP contribution in [0.15, 0.2) is 42.5 Å². The largest absolute Gasteiger partial charge is 0.505 e. The molecule has 0 bridgehead atoms. The summed E-state index contributed by atoms with van der Waals surface area (Å²) in [7, 11) is 0. The number of aromatic hydroxyl groups is 1. The number of esters is 2. The topological polar surface area (TPSA) is 148 Å². The van der Waals surface area contributed by atoms with Gasteiger partial charge in [0.15, 0.2) is 10.9 Å². The van der Waals surface area contributed by atoms with Gasteiger partial charge in [-0.2, -0.15) is 0 Å². The molecule has 1 fully saturated rings. The van der Waals surface area contributed by atoms with Crippen LogP contribution in [-0.2, 0) is 35.1 Å². The Balaban J connectivity index is 1.82. The predicted molar refractivity (Wildman–Crippen MR) is 136 cm³/mol. The highest BCUT2D eigenvalue weighted by atomic mass is 32.2. The lowest BCUT2D eigenvalue weighted by Gasteiger charge is -2.25. The lowest BCUT2D eigenvalue weighted by Crippen LogP contribution is -2.44. The Morgan fingerprint density at radius 3 is 2.58 bits per heavy atom. The van der Waals surface area contributed by atoms with Crippen molar-refractivity contribution < 1.29 is 42.9 Å². The Kier molecular flexibility index (Phi) is 9.83. The van der Waals surface area contributed by atoms with E-state index in [1.807, 2.05) is 0 Å². The number of carbonyl (C=O) groups is 5. The third kappa shape index (κ3) is 7.31. The molecule has 12 heteroatoms. The highest BCUT2D eigenvalue weighted by Gasteiger charge is 2.37. The van der Waals surface area contributed by atoms with Crippen molar-refractivity contribution in [3.8, 4) is 5.75 Å². The highest BCUT2D eigenvalue weighted by Crippen LogP contribution is 2.28. The van der Waals surface area contributed by atoms with Crippen LogP contribution in [0.3, 0.4) is 0 Å². The van der Waals surface area contributed by atoms with Gasteiger partial charge in [0.25, 0.3) is 5.91 Å². The molecule has 3 unspecified atom stereocenters. The molecule has 1 saturated heterocycles. The molecule has 0 radical (unpaired) electrons. The molecule has 202 valence electrons. The number of nitrogens with one attached hydrogen (secondary N) is 2. The number of benzene rings is 2. The van der Waals surface area contributed by atoms with Gasteiger partial charge in [-0.05, 0) is 36.2 Å². The van der Waals surface area contributed by atoms with E-state index in [0.29, 0.717) is 12.0 Å². The molecule has 3 atom stereocenters. The Labute approximate surface area is 222 Å². The fourth-order valence-corrected chi connectivity index (χ4v) is 4.61. The maximum atomic E-state index is 13.4. The van der Waals surface area contributed by atoms with E-state index in [1.165, 1.54) is 42.5 Å². The Hall–Kier alpha value is -3.93. The van der Waals surface area contributed by atoms with Gasteiger partial charge in [0.05, 0.1) is 23.1 Å². The highest BCUT2D eigenvalue weighted by molar-refractivity contribution is 8.13. The molecule has 0 aliphatic carbocycles. The Bertz CT molecular complexity index is 1200. The summed E-state index contributed by atoms with van der Waals surface area (Å²) < 4.78 is 24.3. The second-order valence-electron chi connectivity index (χ2n) is 8.82. The number of rotatable bonds is 8. The zero-order valence-corrected chi connectivity index (χ0v) is 21.5. The van der Waals surface area contributed by atoms with Crippen molar-refractivity contribution >= 4 is 46.8 Å². The molecule has 3 N–H and O–H groups in total. The molecule has 1 aliphatic rings. The predicted octanol–water partition coefficient (Wildman–Crippen LogP) is 2.44. The van der Waals surface area contributed by atoms with Gasteiger partial charge in [-0.3, -0.25) is 19.2 Å². The van der Waals surface area contributed by atoms with Crippen molar-refractivity contribution in [1.29, 1.82) is 0 Å². The molecular weight excluding hydrogens is 519 g/mol. The molecule has 0 aromatic heterocycles. The summed E-state index contributed by atoms with van der Waals surface area (Å²) in [5.41, 5.74) is 0.400. The lowest BCUT2D eigenvalue weighted by molar-refractivity contribution is -0.166. The van der Waals surface area contributed by atoms with Gasteiger partial charge in [0.2, 0.25) is 6.41 Å². The van der Waals surface area contributed by atoms with Crippen LogP contribution in [0.5, 0.6) is 5.75 Å². The van der Waals surface area contributed by atoms with E-state index < -0.39 is 65.1 Å². The Morgan fingerprint density at radius 1 is 1.21 bits per heavy atom. The fourth-order valence-electron chi connectivity index (χ4n) is 3.61. The van der Waals surface area contributed by atoms with Crippen molar-refractivity contribution in [2.24, 2.45) is 11.8 Å². The molecule has 10 nitrogen and oxygen atoms in total. The van der Waals surface area contributed by atoms with Crippen molar-refractivity contribution in [1.82, 2.24) is 5.32 Å². The van der Waals surface area contributed by atoms with Crippen LogP contribution in [-0.4, -0.2) is 59.0 Å². The first-order valence-corrected chi connectivity index (χ1v) is 12.7. The number of halogens is 1. The third-order valence-corrected chi connectivity index (χ3v) is 6.81. The summed E-state index contributed by atoms with van der Waals surface area (Å²) in [6, 6.07) is 8.34. The fraction of sp³-hybridized carbons (Fsp3) is 0.346. The number of carbonyl (C=O) groups excluding carboxylic acids is 5. The second-order valence-corrected chi connectivity index (χ2v) is 9.84. The van der Waals surface area contributed by atoms with E-state index in [4.69, 9.17) is 9.47 Å². The Morgan fingerprint density at radius 2 is 1.92 bits per heavy atom. The zero-order valence-electron chi connectivity index (χ0n) is 20.6. The first kappa shape index (κ1) is 28.6. The number of cyclic esters (lactones) is 1. The summed E-state index contributed by atoms with van der Waals surface area (Å²) in [5.74, 6) is -4.85. The van der Waals surface area contributed by atoms with Crippen LogP contribution in [0.4, 0.5) is 10.1 Å². The molecule has 0 saturated carbocycles. The molecule has 2 amide bonds. The number of amides is 2. The van der Waals surface area contributed by atoms with Gasteiger partial charge in [0.1, 0.15) is 24.6 Å². The summed E-state index contributed by atoms with van der Waals surface area (Å²) in [6.07, 6.45) is -0.677. The number of hydrogen-bond acceptors (Lipinski definition) is 9. The number of phenolic OH excluding ortho intramolecular Hbond substituents is 1. The number of hydrogen-bond donors (Lipinski definition) is 3. The molecular formula is C26H27FN2O8S. The third-order valence-electron chi connectivity index (χ3n) is 5.73. The minimum Gasteiger partial charge on any atom is -0.505 e. The monoisotopic (exact) mass is 546 g/mol. The number of phenols is 1. The molecule has 1 heterocycles. The lowest BCUT2D eigenvalue weighted by atomic mass is 9.95. The van der Waals surface area contributed by atoms with Crippen molar-refractivity contribution in [2.75, 3.05) is 17.7 Å². The van der Waals surface area contributed by atoms with Gasteiger partial charge >= 0.3 is 11.9 Å². The van der Waals surface area contributed by atoms with Crippen LogP contribution >= 0.6 is 11.8 Å². The normalized spacial score (nSPS) is 19.9. The molecule has 2 aromatic rings. The summed E-state index contributed by atoms with van der Waals surface area (Å²) >= 11 is 0.759. The number of para-hydroxylation sites is 1. The maximum absolute atomic E-state index is 13.4. The summed E-state index contributed by atoms with van der Waals surface area (Å²) in [4.78, 5) is 62.0. The number of anilines is 1. The van der Waals surface area contributed by atoms with Gasteiger partial charge in [-0.15, -0.1) is 0 Å². The molecule has 1 aliphatic heterocycles. The standard InChI is InChI=1S/C26H27FN2O8S/c1-14(2)24(33)37-21-11-36-25(34)20(29-23(32)17-4-3-5-19(22(17)31)28-13-30)12-38-26(35)18(21)10-15-6-8-16(27)9-7-15/h3-9,13-14,18,20-21,31H,10-12H2,1-2H3,(H,28,30)(H,29,32). The maximum Gasteiger partial charge on any atom is 0.329 e. The van der Waals surface area contributed by atoms with Crippen molar-refractivity contribution in [3.63, 3.8) is 0 Å². The quantitative estimate of drug-likeness (QED) is 0.258. The van der Waals surface area contributed by atoms with E-state index in [1.54, 1.807) is 13.8 Å². The van der Waals surface area contributed by atoms with Crippen LogP contribution in [0.1, 0.15) is 29.8 Å². The van der Waals surface area contributed by atoms with Gasteiger partial charge in [-0.1, -0.05) is 43.8 Å². The van der Waals surface area contributed by atoms with Gasteiger partial charge in [-0.25, -0.2) is 9.18 Å². The van der Waals surface area contributed by atoms with Crippen LogP contribution in [0, 0.1) is 17.7 Å². The summed E-state index contributed by atoms with van der Waals surface area (Å²) in [5, 5.41) is 14.6. The van der Waals surface area contributed by atoms with Gasteiger partial charge in [0, 0.05) is 5.75 Å². The first-order valence-electron chi connectivity index (χ1n) is 11.7.